The van der Waals surface area contributed by atoms with Crippen molar-refractivity contribution in [2.24, 2.45) is 0 Å². The Morgan fingerprint density at radius 3 is 2.56 bits per heavy atom. The predicted molar refractivity (Wildman–Crippen MR) is 143 cm³/mol. The van der Waals surface area contributed by atoms with Gasteiger partial charge < -0.3 is 19.7 Å². The maximum Gasteiger partial charge on any atom is 0.410 e. The van der Waals surface area contributed by atoms with Crippen LogP contribution in [0.4, 0.5) is 10.6 Å². The highest BCUT2D eigenvalue weighted by Gasteiger charge is 2.37. The number of nitrogens with zero attached hydrogens (tertiary/aromatic N) is 6. The summed E-state index contributed by atoms with van der Waals surface area (Å²) in [7, 11) is 1.60. The van der Waals surface area contributed by atoms with Crippen LogP contribution in [0.5, 0.6) is 5.75 Å². The van der Waals surface area contributed by atoms with E-state index in [2.05, 4.69) is 20.3 Å². The van der Waals surface area contributed by atoms with E-state index in [0.717, 1.165) is 16.9 Å². The number of rotatable bonds is 8. The highest BCUT2D eigenvalue weighted by molar-refractivity contribution is 5.86. The maximum atomic E-state index is 13.5. The van der Waals surface area contributed by atoms with Crippen LogP contribution in [-0.4, -0.2) is 69.2 Å². The topological polar surface area (TPSA) is 115 Å². The number of ether oxygens (including phenoxy) is 2. The predicted octanol–water partition coefficient (Wildman–Crippen LogP) is 2.81. The molecule has 2 aromatic heterocycles. The van der Waals surface area contributed by atoms with Crippen LogP contribution in [0.1, 0.15) is 11.1 Å². The third-order valence-electron chi connectivity index (χ3n) is 6.44. The molecule has 11 nitrogen and oxygen atoms in total. The van der Waals surface area contributed by atoms with E-state index in [1.54, 1.807) is 42.7 Å². The minimum atomic E-state index is -0.785. The zero-order valence-electron chi connectivity index (χ0n) is 21.5. The summed E-state index contributed by atoms with van der Waals surface area (Å²) in [5.41, 5.74) is 1.79. The second-order valence-electron chi connectivity index (χ2n) is 8.95. The van der Waals surface area contributed by atoms with Gasteiger partial charge in [0.25, 0.3) is 0 Å². The molecule has 11 heteroatoms. The summed E-state index contributed by atoms with van der Waals surface area (Å²) in [5, 5.41) is 2.97. The monoisotopic (exact) mass is 527 g/mol. The van der Waals surface area contributed by atoms with Gasteiger partial charge >= 0.3 is 6.09 Å². The van der Waals surface area contributed by atoms with Crippen molar-refractivity contribution in [2.75, 3.05) is 31.6 Å². The van der Waals surface area contributed by atoms with Crippen LogP contribution in [-0.2, 0) is 22.7 Å². The quantitative estimate of drug-likeness (QED) is 0.372. The van der Waals surface area contributed by atoms with Crippen LogP contribution in [0.2, 0.25) is 0 Å². The van der Waals surface area contributed by atoms with E-state index in [1.165, 1.54) is 4.90 Å². The minimum Gasteiger partial charge on any atom is -0.497 e. The number of piperazine rings is 1. The first kappa shape index (κ1) is 25.7. The number of carbonyl (C=O) groups is 2. The van der Waals surface area contributed by atoms with Crippen molar-refractivity contribution in [1.29, 1.82) is 0 Å². The molecule has 0 radical (unpaired) electrons. The van der Waals surface area contributed by atoms with Crippen LogP contribution < -0.4 is 15.0 Å². The first-order valence-corrected chi connectivity index (χ1v) is 12.5. The third-order valence-corrected chi connectivity index (χ3v) is 6.44. The molecule has 1 aliphatic heterocycles. The molecule has 0 aliphatic carbocycles. The van der Waals surface area contributed by atoms with Crippen LogP contribution in [0.25, 0.3) is 5.95 Å². The number of methoxy groups -OCH3 is 1. The lowest BCUT2D eigenvalue weighted by molar-refractivity contribution is -0.126. The molecule has 1 N–H and O–H groups in total. The van der Waals surface area contributed by atoms with E-state index in [-0.39, 0.29) is 19.1 Å². The minimum absolute atomic E-state index is 0.125. The van der Waals surface area contributed by atoms with E-state index in [1.807, 2.05) is 59.5 Å². The lowest BCUT2D eigenvalue weighted by atomic mass is 10.1. The normalized spacial score (nSPS) is 15.1. The zero-order chi connectivity index (χ0) is 27.0. The maximum absolute atomic E-state index is 13.5. The molecule has 4 aromatic rings. The number of imidazole rings is 1. The van der Waals surface area contributed by atoms with Gasteiger partial charge in [-0.1, -0.05) is 42.5 Å². The van der Waals surface area contributed by atoms with Crippen LogP contribution in [0.3, 0.4) is 0 Å². The average Bonchev–Trinajstić information content (AvgIpc) is 3.55. The Bertz CT molecular complexity index is 1380. The Morgan fingerprint density at radius 2 is 1.82 bits per heavy atom. The lowest BCUT2D eigenvalue weighted by Gasteiger charge is -2.40. The van der Waals surface area contributed by atoms with Gasteiger partial charge in [-0.05, 0) is 29.3 Å². The third kappa shape index (κ3) is 6.32. The molecule has 5 rings (SSSR count). The second-order valence-corrected chi connectivity index (χ2v) is 8.95. The molecule has 200 valence electrons. The largest absolute Gasteiger partial charge is 0.497 e. The Morgan fingerprint density at radius 1 is 1.00 bits per heavy atom. The number of amides is 2. The molecule has 0 saturated carbocycles. The van der Waals surface area contributed by atoms with Crippen molar-refractivity contribution in [1.82, 2.24) is 29.7 Å². The van der Waals surface area contributed by atoms with Crippen molar-refractivity contribution in [3.05, 3.63) is 96.7 Å². The van der Waals surface area contributed by atoms with Gasteiger partial charge in [0.05, 0.1) is 7.11 Å². The van der Waals surface area contributed by atoms with E-state index < -0.39 is 12.1 Å². The summed E-state index contributed by atoms with van der Waals surface area (Å²) in [4.78, 5) is 43.1. The van der Waals surface area contributed by atoms with Crippen LogP contribution >= 0.6 is 0 Å². The van der Waals surface area contributed by atoms with Crippen molar-refractivity contribution in [2.45, 2.75) is 19.2 Å². The number of aromatic nitrogens is 4. The Balaban J connectivity index is 1.31. The summed E-state index contributed by atoms with van der Waals surface area (Å²) >= 11 is 0. The summed E-state index contributed by atoms with van der Waals surface area (Å²) < 4.78 is 12.5. The smallest absolute Gasteiger partial charge is 0.410 e. The Kier molecular flexibility index (Phi) is 7.96. The van der Waals surface area contributed by atoms with E-state index in [4.69, 9.17) is 9.47 Å². The van der Waals surface area contributed by atoms with Crippen molar-refractivity contribution >= 4 is 17.8 Å². The molecule has 2 aromatic carbocycles. The van der Waals surface area contributed by atoms with Gasteiger partial charge in [0.1, 0.15) is 30.5 Å². The average molecular weight is 528 g/mol. The first-order chi connectivity index (χ1) is 19.1. The summed E-state index contributed by atoms with van der Waals surface area (Å²) in [5.74, 6) is 1.57. The first-order valence-electron chi connectivity index (χ1n) is 12.5. The standard InChI is InChI=1S/C28H29N7O4/c1-38-23-9-7-21(8-10-23)17-31-26(36)24-18-33(25-11-12-30-27(32-25)34-14-13-29-20-34)15-16-35(24)28(37)39-19-22-5-3-2-4-6-22/h2-14,20,24H,15-19H2,1H3,(H,31,36). The second kappa shape index (κ2) is 12.1. The van der Waals surface area contributed by atoms with Gasteiger partial charge in [-0.15, -0.1) is 0 Å². The lowest BCUT2D eigenvalue weighted by Crippen LogP contribution is -2.61. The highest BCUT2D eigenvalue weighted by atomic mass is 16.6. The molecular formula is C28H29N7O4. The molecule has 2 amide bonds. The van der Waals surface area contributed by atoms with Gasteiger partial charge in [-0.2, -0.15) is 4.98 Å². The SMILES string of the molecule is COc1ccc(CNC(=O)C2CN(c3ccnc(-n4ccnc4)n3)CCN2C(=O)OCc2ccccc2)cc1. The highest BCUT2D eigenvalue weighted by Crippen LogP contribution is 2.20. The van der Waals surface area contributed by atoms with Gasteiger partial charge in [0.2, 0.25) is 11.9 Å². The Hall–Kier alpha value is -4.93. The summed E-state index contributed by atoms with van der Waals surface area (Å²) in [6.45, 7) is 1.45. The van der Waals surface area contributed by atoms with Crippen molar-refractivity contribution < 1.29 is 19.1 Å². The zero-order valence-corrected chi connectivity index (χ0v) is 21.5. The van der Waals surface area contributed by atoms with Gasteiger partial charge in [-0.25, -0.2) is 14.8 Å². The number of hydrogen-bond acceptors (Lipinski definition) is 8. The number of anilines is 1. The van der Waals surface area contributed by atoms with Crippen LogP contribution in [0.15, 0.2) is 85.6 Å². The molecule has 39 heavy (non-hydrogen) atoms. The number of benzene rings is 2. The van der Waals surface area contributed by atoms with E-state index in [9.17, 15) is 9.59 Å². The van der Waals surface area contributed by atoms with E-state index >= 15 is 0 Å². The number of nitrogens with one attached hydrogen (secondary N) is 1. The molecule has 0 bridgehead atoms. The number of hydrogen-bond donors (Lipinski definition) is 1. The van der Waals surface area contributed by atoms with Gasteiger partial charge in [-0.3, -0.25) is 14.3 Å². The molecule has 1 saturated heterocycles. The number of carbonyl (C=O) groups excluding carboxylic acids is 2. The fraction of sp³-hybridized carbons (Fsp3) is 0.250. The fourth-order valence-electron chi connectivity index (χ4n) is 4.30. The summed E-state index contributed by atoms with van der Waals surface area (Å²) in [6.07, 6.45) is 6.16. The molecule has 1 unspecified atom stereocenters. The molecule has 3 heterocycles. The molecule has 1 fully saturated rings. The molecular weight excluding hydrogens is 498 g/mol. The molecule has 0 spiro atoms. The van der Waals surface area contributed by atoms with Gasteiger partial charge in [0.15, 0.2) is 0 Å². The van der Waals surface area contributed by atoms with Crippen molar-refractivity contribution in [3.63, 3.8) is 0 Å². The van der Waals surface area contributed by atoms with Crippen molar-refractivity contribution in [3.8, 4) is 11.7 Å². The van der Waals surface area contributed by atoms with Crippen LogP contribution in [0, 0.1) is 0 Å². The summed E-state index contributed by atoms with van der Waals surface area (Å²) in [6, 6.07) is 17.9. The van der Waals surface area contributed by atoms with Gasteiger partial charge in [0, 0.05) is 44.8 Å². The molecule has 1 atom stereocenters. The molecule has 1 aliphatic rings. The van der Waals surface area contributed by atoms with E-state index in [0.29, 0.717) is 31.4 Å². The Labute approximate surface area is 226 Å². The fourth-order valence-corrected chi connectivity index (χ4v) is 4.30.